The van der Waals surface area contributed by atoms with Crippen molar-refractivity contribution < 1.29 is 0 Å². The van der Waals surface area contributed by atoms with Gasteiger partial charge in [0.2, 0.25) is 0 Å². The zero-order chi connectivity index (χ0) is 21.1. The molecule has 158 valence electrons. The summed E-state index contributed by atoms with van der Waals surface area (Å²) in [5, 5.41) is 1.95. The molecule has 0 aliphatic carbocycles. The van der Waals surface area contributed by atoms with Crippen LogP contribution < -0.4 is 0 Å². The average Bonchev–Trinajstić information content (AvgIpc) is 2.77. The van der Waals surface area contributed by atoms with Crippen molar-refractivity contribution in [3.8, 4) is 0 Å². The third-order valence-electron chi connectivity index (χ3n) is 9.69. The second-order valence-electron chi connectivity index (χ2n) is 9.15. The Morgan fingerprint density at radius 2 is 1.00 bits per heavy atom. The summed E-state index contributed by atoms with van der Waals surface area (Å²) in [5.41, 5.74) is 4.71. The molecule has 0 aromatic heterocycles. The normalized spacial score (nSPS) is 21.9. The van der Waals surface area contributed by atoms with Crippen LogP contribution in [0.3, 0.4) is 0 Å². The molecule has 1 aromatic carbocycles. The lowest BCUT2D eigenvalue weighted by Crippen LogP contribution is -2.87. The van der Waals surface area contributed by atoms with Crippen molar-refractivity contribution in [2.45, 2.75) is 104 Å². The highest BCUT2D eigenvalue weighted by Crippen LogP contribution is 2.57. The standard InChI is InChI=1S/C24H46Si4/c1-9-25(10-2)22-24(23-20-18-17-19-21-23)26(11-3,12-4)28(15-7,16-8)27(25,13-5)14-6/h17-22H,9-16H2,1-8H3. The molecule has 0 radical (unpaired) electrons. The molecule has 0 saturated carbocycles. The van der Waals surface area contributed by atoms with Crippen molar-refractivity contribution in [2.24, 2.45) is 0 Å². The molecule has 0 bridgehead atoms. The minimum Gasteiger partial charge on any atom is -0.0972 e. The Morgan fingerprint density at radius 3 is 1.36 bits per heavy atom. The molecule has 1 aromatic rings. The molecule has 2 rings (SSSR count). The van der Waals surface area contributed by atoms with E-state index in [-0.39, 0.29) is 0 Å². The van der Waals surface area contributed by atoms with E-state index in [0.29, 0.717) is 0 Å². The van der Waals surface area contributed by atoms with Gasteiger partial charge in [0.1, 0.15) is 0 Å². The lowest BCUT2D eigenvalue weighted by atomic mass is 10.2. The van der Waals surface area contributed by atoms with E-state index in [1.165, 1.54) is 24.2 Å². The highest BCUT2D eigenvalue weighted by Gasteiger charge is 2.71. The van der Waals surface area contributed by atoms with Gasteiger partial charge in [0.15, 0.2) is 0 Å². The number of benzene rings is 1. The lowest BCUT2D eigenvalue weighted by molar-refractivity contribution is 1.20. The minimum atomic E-state index is -1.48. The Balaban J connectivity index is 3.06. The van der Waals surface area contributed by atoms with Gasteiger partial charge in [-0.25, -0.2) is 0 Å². The van der Waals surface area contributed by atoms with Gasteiger partial charge in [-0.1, -0.05) is 145 Å². The summed E-state index contributed by atoms with van der Waals surface area (Å²) >= 11 is 0. The zero-order valence-corrected chi connectivity index (χ0v) is 24.1. The molecule has 0 amide bonds. The minimum absolute atomic E-state index is 1.28. The number of hydrogen-bond acceptors (Lipinski definition) is 0. The maximum absolute atomic E-state index is 3.09. The fourth-order valence-corrected chi connectivity index (χ4v) is 105. The van der Waals surface area contributed by atoms with Gasteiger partial charge in [-0.3, -0.25) is 0 Å². The van der Waals surface area contributed by atoms with Crippen molar-refractivity contribution in [3.63, 3.8) is 0 Å². The predicted octanol–water partition coefficient (Wildman–Crippen LogP) is 8.35. The van der Waals surface area contributed by atoms with Gasteiger partial charge in [-0.2, -0.15) is 0 Å². The van der Waals surface area contributed by atoms with Gasteiger partial charge >= 0.3 is 0 Å². The first-order valence-corrected chi connectivity index (χ1v) is 25.0. The van der Waals surface area contributed by atoms with E-state index in [4.69, 9.17) is 0 Å². The summed E-state index contributed by atoms with van der Waals surface area (Å²) in [5.74, 6) is 0. The van der Waals surface area contributed by atoms with Crippen molar-refractivity contribution in [3.05, 3.63) is 41.6 Å². The van der Waals surface area contributed by atoms with Crippen molar-refractivity contribution in [1.82, 2.24) is 0 Å². The molecule has 0 saturated heterocycles. The van der Waals surface area contributed by atoms with E-state index in [1.807, 2.05) is 5.20 Å². The maximum atomic E-state index is 3.09. The quantitative estimate of drug-likeness (QED) is 0.334. The fraction of sp³-hybridized carbons (Fsp3) is 0.667. The van der Waals surface area contributed by atoms with Crippen LogP contribution in [0.1, 0.15) is 61.0 Å². The predicted molar refractivity (Wildman–Crippen MR) is 141 cm³/mol. The van der Waals surface area contributed by atoms with E-state index < -0.39 is 29.4 Å². The third-order valence-corrected chi connectivity index (χ3v) is 78.0. The topological polar surface area (TPSA) is 0 Å². The van der Waals surface area contributed by atoms with E-state index in [9.17, 15) is 0 Å². The van der Waals surface area contributed by atoms with Crippen molar-refractivity contribution >= 4 is 34.6 Å². The van der Waals surface area contributed by atoms with Crippen LogP contribution in [0.4, 0.5) is 0 Å². The highest BCUT2D eigenvalue weighted by molar-refractivity contribution is 7.88. The van der Waals surface area contributed by atoms with E-state index in [0.717, 1.165) is 0 Å². The lowest BCUT2D eigenvalue weighted by Gasteiger charge is -2.67. The second kappa shape index (κ2) is 9.32. The molecule has 0 spiro atoms. The fourth-order valence-electron chi connectivity index (χ4n) is 8.40. The Morgan fingerprint density at radius 1 is 0.536 bits per heavy atom. The maximum Gasteiger partial charge on any atom is 0.0769 e. The molecule has 0 atom stereocenters. The van der Waals surface area contributed by atoms with E-state index in [1.54, 1.807) is 29.7 Å². The van der Waals surface area contributed by atoms with Gasteiger partial charge in [-0.15, -0.1) is 0 Å². The molecular weight excluding hydrogens is 401 g/mol. The summed E-state index contributed by atoms with van der Waals surface area (Å²) in [4.78, 5) is 0. The summed E-state index contributed by atoms with van der Waals surface area (Å²) in [6, 6.07) is 24.0. The highest BCUT2D eigenvalue weighted by atomic mass is 29.8. The summed E-state index contributed by atoms with van der Waals surface area (Å²) < 4.78 is 0. The first-order chi connectivity index (χ1) is 13.4. The van der Waals surface area contributed by atoms with Gasteiger partial charge in [0.05, 0.1) is 15.2 Å². The van der Waals surface area contributed by atoms with Crippen LogP contribution in [0.2, 0.25) is 48.4 Å². The van der Waals surface area contributed by atoms with Crippen LogP contribution in [-0.4, -0.2) is 29.4 Å². The molecule has 0 N–H and O–H groups in total. The Hall–Kier alpha value is -0.172. The summed E-state index contributed by atoms with van der Waals surface area (Å²) in [7, 11) is -5.49. The smallest absolute Gasteiger partial charge is 0.0769 e. The Bertz CT molecular complexity index is 648. The summed E-state index contributed by atoms with van der Waals surface area (Å²) in [6.45, 7) is 20.9. The molecule has 1 aliphatic heterocycles. The van der Waals surface area contributed by atoms with Crippen LogP contribution in [-0.2, 0) is 0 Å². The first kappa shape index (κ1) is 24.1. The largest absolute Gasteiger partial charge is 0.0972 e. The summed E-state index contributed by atoms with van der Waals surface area (Å²) in [6.07, 6.45) is 0. The van der Waals surface area contributed by atoms with Crippen LogP contribution in [0.15, 0.2) is 36.0 Å². The average molecular weight is 447 g/mol. The van der Waals surface area contributed by atoms with Crippen LogP contribution in [0, 0.1) is 0 Å². The number of rotatable bonds is 9. The van der Waals surface area contributed by atoms with Gasteiger partial charge < -0.3 is 0 Å². The number of hydrogen-bond donors (Lipinski definition) is 0. The molecule has 0 unspecified atom stereocenters. The first-order valence-electron chi connectivity index (χ1n) is 12.2. The molecule has 0 fully saturated rings. The van der Waals surface area contributed by atoms with Crippen LogP contribution in [0.5, 0.6) is 0 Å². The van der Waals surface area contributed by atoms with Gasteiger partial charge in [0.25, 0.3) is 0 Å². The molecule has 0 nitrogen and oxygen atoms in total. The molecule has 1 aliphatic rings. The van der Waals surface area contributed by atoms with Gasteiger partial charge in [-0.05, 0) is 5.56 Å². The SMILES string of the molecule is CC[Si]1(CC)C=C(c2ccccc2)[Si](CC)(CC)[Si](CC)(CC)[Si]1(CC)CC. The van der Waals surface area contributed by atoms with Crippen LogP contribution in [0.25, 0.3) is 5.20 Å². The van der Waals surface area contributed by atoms with E-state index >= 15 is 0 Å². The Labute approximate surface area is 179 Å². The van der Waals surface area contributed by atoms with Gasteiger partial charge in [0, 0.05) is 14.2 Å². The van der Waals surface area contributed by atoms with Crippen molar-refractivity contribution in [1.29, 1.82) is 0 Å². The molecule has 1 heterocycles. The van der Waals surface area contributed by atoms with Crippen molar-refractivity contribution in [2.75, 3.05) is 0 Å². The molecule has 28 heavy (non-hydrogen) atoms. The zero-order valence-electron chi connectivity index (χ0n) is 20.1. The Kier molecular flexibility index (Phi) is 8.02. The molecule has 4 heteroatoms. The van der Waals surface area contributed by atoms with E-state index in [2.05, 4.69) is 91.4 Å². The van der Waals surface area contributed by atoms with Crippen LogP contribution >= 0.6 is 0 Å². The molecular formula is C24H46Si4. The second-order valence-corrected chi connectivity index (χ2v) is 44.8. The third kappa shape index (κ3) is 2.92. The monoisotopic (exact) mass is 446 g/mol.